The van der Waals surface area contributed by atoms with E-state index < -0.39 is 0 Å². The van der Waals surface area contributed by atoms with Crippen molar-refractivity contribution < 1.29 is 0 Å². The monoisotopic (exact) mass is 191 g/mol. The van der Waals surface area contributed by atoms with Crippen LogP contribution in [-0.2, 0) is 0 Å². The van der Waals surface area contributed by atoms with Gasteiger partial charge < -0.3 is 10.2 Å². The number of aromatic nitrogens is 1. The van der Waals surface area contributed by atoms with Crippen LogP contribution in [0.3, 0.4) is 0 Å². The molecule has 1 aliphatic heterocycles. The number of nitrogens with zero attached hydrogens (tertiary/aromatic N) is 2. The molecule has 0 saturated carbocycles. The van der Waals surface area contributed by atoms with Crippen LogP contribution < -0.4 is 10.2 Å². The zero-order valence-corrected chi connectivity index (χ0v) is 8.66. The summed E-state index contributed by atoms with van der Waals surface area (Å²) in [4.78, 5) is 6.91. The number of pyridine rings is 1. The van der Waals surface area contributed by atoms with E-state index >= 15 is 0 Å². The topological polar surface area (TPSA) is 28.2 Å². The van der Waals surface area contributed by atoms with Crippen molar-refractivity contribution in [3.05, 3.63) is 18.2 Å². The molecule has 2 heterocycles. The summed E-state index contributed by atoms with van der Waals surface area (Å²) in [5.74, 6) is 2.10. The maximum absolute atomic E-state index is 4.56. The van der Waals surface area contributed by atoms with Crippen LogP contribution in [-0.4, -0.2) is 24.6 Å². The van der Waals surface area contributed by atoms with Gasteiger partial charge in [-0.2, -0.15) is 0 Å². The van der Waals surface area contributed by atoms with Crippen LogP contribution in [0.25, 0.3) is 0 Å². The third kappa shape index (κ3) is 1.97. The van der Waals surface area contributed by atoms with Crippen molar-refractivity contribution in [2.24, 2.45) is 0 Å². The minimum atomic E-state index is 0.927. The van der Waals surface area contributed by atoms with E-state index in [2.05, 4.69) is 34.3 Å². The Balaban J connectivity index is 2.12. The van der Waals surface area contributed by atoms with Crippen molar-refractivity contribution in [3.63, 3.8) is 0 Å². The summed E-state index contributed by atoms with van der Waals surface area (Å²) in [5.41, 5.74) is 0. The quantitative estimate of drug-likeness (QED) is 0.793. The van der Waals surface area contributed by atoms with E-state index in [4.69, 9.17) is 0 Å². The normalized spacial score (nSPS) is 15.9. The van der Waals surface area contributed by atoms with Gasteiger partial charge in [-0.1, -0.05) is 6.07 Å². The van der Waals surface area contributed by atoms with Crippen LogP contribution in [0.15, 0.2) is 18.2 Å². The lowest BCUT2D eigenvalue weighted by Gasteiger charge is -2.16. The second kappa shape index (κ2) is 4.31. The predicted octanol–water partition coefficient (Wildman–Crippen LogP) is 2.11. The fraction of sp³-hybridized carbons (Fsp3) is 0.545. The minimum Gasteiger partial charge on any atom is -0.370 e. The van der Waals surface area contributed by atoms with E-state index in [9.17, 15) is 0 Å². The first-order valence-corrected chi connectivity index (χ1v) is 5.36. The van der Waals surface area contributed by atoms with Gasteiger partial charge in [0.1, 0.15) is 11.6 Å². The lowest BCUT2D eigenvalue weighted by atomic mass is 10.4. The standard InChI is InChI=1S/C11H17N3/c1-2-12-10-6-5-7-11(13-10)14-8-3-4-9-14/h5-7H,2-4,8-9H2,1H3,(H,12,13). The van der Waals surface area contributed by atoms with Gasteiger partial charge >= 0.3 is 0 Å². The second-order valence-corrected chi connectivity index (χ2v) is 3.61. The predicted molar refractivity (Wildman–Crippen MR) is 59.8 cm³/mol. The van der Waals surface area contributed by atoms with Gasteiger partial charge in [0.15, 0.2) is 0 Å². The van der Waals surface area contributed by atoms with E-state index in [1.165, 1.54) is 12.8 Å². The molecule has 0 bridgehead atoms. The summed E-state index contributed by atoms with van der Waals surface area (Å²) in [7, 11) is 0. The van der Waals surface area contributed by atoms with E-state index in [0.29, 0.717) is 0 Å². The molecule has 1 aromatic heterocycles. The average molecular weight is 191 g/mol. The van der Waals surface area contributed by atoms with Crippen molar-refractivity contribution in [2.75, 3.05) is 29.9 Å². The summed E-state index contributed by atoms with van der Waals surface area (Å²) < 4.78 is 0. The van der Waals surface area contributed by atoms with Crippen LogP contribution in [0.2, 0.25) is 0 Å². The highest BCUT2D eigenvalue weighted by Crippen LogP contribution is 2.19. The zero-order valence-electron chi connectivity index (χ0n) is 8.66. The summed E-state index contributed by atoms with van der Waals surface area (Å²) >= 11 is 0. The first kappa shape index (κ1) is 9.31. The smallest absolute Gasteiger partial charge is 0.130 e. The van der Waals surface area contributed by atoms with Crippen LogP contribution >= 0.6 is 0 Å². The SMILES string of the molecule is CCNc1cccc(N2CCCC2)n1. The molecule has 0 aliphatic carbocycles. The van der Waals surface area contributed by atoms with Crippen LogP contribution in [0.4, 0.5) is 11.6 Å². The van der Waals surface area contributed by atoms with Crippen molar-refractivity contribution in [2.45, 2.75) is 19.8 Å². The summed E-state index contributed by atoms with van der Waals surface area (Å²) in [6.07, 6.45) is 2.60. The van der Waals surface area contributed by atoms with Gasteiger partial charge in [0, 0.05) is 19.6 Å². The fourth-order valence-electron chi connectivity index (χ4n) is 1.83. The molecule has 0 spiro atoms. The number of hydrogen-bond acceptors (Lipinski definition) is 3. The van der Waals surface area contributed by atoms with Crippen LogP contribution in [0.5, 0.6) is 0 Å². The van der Waals surface area contributed by atoms with Crippen LogP contribution in [0.1, 0.15) is 19.8 Å². The number of rotatable bonds is 3. The van der Waals surface area contributed by atoms with Gasteiger partial charge in [-0.3, -0.25) is 0 Å². The maximum Gasteiger partial charge on any atom is 0.130 e. The molecule has 76 valence electrons. The molecule has 1 saturated heterocycles. The van der Waals surface area contributed by atoms with E-state index in [0.717, 1.165) is 31.3 Å². The van der Waals surface area contributed by atoms with Gasteiger partial charge in [0.2, 0.25) is 0 Å². The Hall–Kier alpha value is -1.25. The molecule has 2 rings (SSSR count). The van der Waals surface area contributed by atoms with Crippen molar-refractivity contribution >= 4 is 11.6 Å². The molecule has 3 heteroatoms. The Morgan fingerprint density at radius 1 is 1.36 bits per heavy atom. The fourth-order valence-corrected chi connectivity index (χ4v) is 1.83. The summed E-state index contributed by atoms with van der Waals surface area (Å²) in [6.45, 7) is 5.33. The Morgan fingerprint density at radius 2 is 2.14 bits per heavy atom. The van der Waals surface area contributed by atoms with Crippen molar-refractivity contribution in [1.29, 1.82) is 0 Å². The van der Waals surface area contributed by atoms with Gasteiger partial charge in [0.25, 0.3) is 0 Å². The Morgan fingerprint density at radius 3 is 2.86 bits per heavy atom. The molecular formula is C11H17N3. The second-order valence-electron chi connectivity index (χ2n) is 3.61. The molecule has 1 fully saturated rings. The molecule has 1 N–H and O–H groups in total. The van der Waals surface area contributed by atoms with Crippen molar-refractivity contribution in [3.8, 4) is 0 Å². The molecular weight excluding hydrogens is 174 g/mol. The maximum atomic E-state index is 4.56. The number of hydrogen-bond donors (Lipinski definition) is 1. The third-order valence-corrected chi connectivity index (χ3v) is 2.52. The molecule has 0 aromatic carbocycles. The van der Waals surface area contributed by atoms with Gasteiger partial charge in [-0.15, -0.1) is 0 Å². The zero-order chi connectivity index (χ0) is 9.80. The molecule has 0 radical (unpaired) electrons. The number of nitrogens with one attached hydrogen (secondary N) is 1. The lowest BCUT2D eigenvalue weighted by Crippen LogP contribution is -2.19. The molecule has 0 atom stereocenters. The average Bonchev–Trinajstić information content (AvgIpc) is 2.71. The van der Waals surface area contributed by atoms with E-state index in [1.54, 1.807) is 0 Å². The number of anilines is 2. The molecule has 3 nitrogen and oxygen atoms in total. The van der Waals surface area contributed by atoms with Crippen LogP contribution in [0, 0.1) is 0 Å². The lowest BCUT2D eigenvalue weighted by molar-refractivity contribution is 0.936. The Kier molecular flexibility index (Phi) is 2.87. The highest BCUT2D eigenvalue weighted by atomic mass is 15.2. The van der Waals surface area contributed by atoms with E-state index in [1.807, 2.05) is 6.07 Å². The summed E-state index contributed by atoms with van der Waals surface area (Å²) in [5, 5.41) is 3.23. The molecule has 1 aliphatic rings. The largest absolute Gasteiger partial charge is 0.370 e. The van der Waals surface area contributed by atoms with Gasteiger partial charge in [0.05, 0.1) is 0 Å². The molecule has 14 heavy (non-hydrogen) atoms. The van der Waals surface area contributed by atoms with E-state index in [-0.39, 0.29) is 0 Å². The third-order valence-electron chi connectivity index (χ3n) is 2.52. The molecule has 0 amide bonds. The highest BCUT2D eigenvalue weighted by molar-refractivity contribution is 5.47. The first-order chi connectivity index (χ1) is 6.90. The molecule has 1 aromatic rings. The first-order valence-electron chi connectivity index (χ1n) is 5.36. The van der Waals surface area contributed by atoms with Gasteiger partial charge in [-0.05, 0) is 31.9 Å². The highest BCUT2D eigenvalue weighted by Gasteiger charge is 2.13. The Labute approximate surface area is 85.1 Å². The van der Waals surface area contributed by atoms with Gasteiger partial charge in [-0.25, -0.2) is 4.98 Å². The Bertz CT molecular complexity index is 292. The molecule has 0 unspecified atom stereocenters. The minimum absolute atomic E-state index is 0.927. The summed E-state index contributed by atoms with van der Waals surface area (Å²) in [6, 6.07) is 6.17. The van der Waals surface area contributed by atoms with Crippen molar-refractivity contribution in [1.82, 2.24) is 4.98 Å².